The summed E-state index contributed by atoms with van der Waals surface area (Å²) in [6, 6.07) is 0. The SMILES string of the molecule is C=C(CC)C(/C=N/C=C\C(C)CC)C(C)CC(N)O. The van der Waals surface area contributed by atoms with Gasteiger partial charge in [0.05, 0.1) is 0 Å². The molecule has 0 saturated carbocycles. The molecule has 0 aliphatic carbocycles. The highest BCUT2D eigenvalue weighted by Gasteiger charge is 2.19. The second-order valence-electron chi connectivity index (χ2n) is 5.34. The molecule has 0 spiro atoms. The predicted molar refractivity (Wildman–Crippen MR) is 84.0 cm³/mol. The van der Waals surface area contributed by atoms with Crippen LogP contribution in [0.3, 0.4) is 0 Å². The van der Waals surface area contributed by atoms with Gasteiger partial charge in [0, 0.05) is 18.3 Å². The molecule has 4 unspecified atom stereocenters. The molecule has 0 aromatic heterocycles. The lowest BCUT2D eigenvalue weighted by Gasteiger charge is -2.22. The van der Waals surface area contributed by atoms with Crippen LogP contribution in [0.25, 0.3) is 0 Å². The Morgan fingerprint density at radius 2 is 2.00 bits per heavy atom. The number of aliphatic imine (C=N–C) groups is 1. The van der Waals surface area contributed by atoms with E-state index in [1.807, 2.05) is 12.4 Å². The van der Waals surface area contributed by atoms with Gasteiger partial charge in [-0.05, 0) is 24.7 Å². The van der Waals surface area contributed by atoms with Gasteiger partial charge in [-0.15, -0.1) is 0 Å². The summed E-state index contributed by atoms with van der Waals surface area (Å²) in [6.07, 6.45) is 7.71. The van der Waals surface area contributed by atoms with Gasteiger partial charge in [-0.25, -0.2) is 0 Å². The van der Waals surface area contributed by atoms with E-state index in [0.717, 1.165) is 18.4 Å². The zero-order valence-electron chi connectivity index (χ0n) is 12.8. The Balaban J connectivity index is 4.64. The second kappa shape index (κ2) is 9.93. The molecule has 0 amide bonds. The van der Waals surface area contributed by atoms with Crippen molar-refractivity contribution in [3.8, 4) is 0 Å². The van der Waals surface area contributed by atoms with Crippen molar-refractivity contribution < 1.29 is 5.11 Å². The molecule has 0 bridgehead atoms. The van der Waals surface area contributed by atoms with E-state index in [-0.39, 0.29) is 11.8 Å². The van der Waals surface area contributed by atoms with Crippen molar-refractivity contribution in [2.45, 2.75) is 53.2 Å². The van der Waals surface area contributed by atoms with Crippen molar-refractivity contribution in [2.24, 2.45) is 28.5 Å². The van der Waals surface area contributed by atoms with Gasteiger partial charge in [0.1, 0.15) is 6.23 Å². The molecular formula is C16H30N2O. The molecule has 0 aliphatic rings. The number of hydrogen-bond acceptors (Lipinski definition) is 3. The summed E-state index contributed by atoms with van der Waals surface area (Å²) < 4.78 is 0. The molecule has 0 radical (unpaired) electrons. The van der Waals surface area contributed by atoms with Crippen molar-refractivity contribution in [1.29, 1.82) is 0 Å². The first-order valence-electron chi connectivity index (χ1n) is 7.23. The Labute approximate surface area is 118 Å². The van der Waals surface area contributed by atoms with Crippen LogP contribution < -0.4 is 5.73 Å². The molecule has 0 fully saturated rings. The van der Waals surface area contributed by atoms with Crippen LogP contribution in [0.4, 0.5) is 0 Å². The molecule has 19 heavy (non-hydrogen) atoms. The number of nitrogens with two attached hydrogens (primary N) is 1. The summed E-state index contributed by atoms with van der Waals surface area (Å²) in [5.74, 6) is 0.964. The normalized spacial score (nSPS) is 18.6. The van der Waals surface area contributed by atoms with Gasteiger partial charge in [0.15, 0.2) is 0 Å². The minimum Gasteiger partial charge on any atom is -0.379 e. The van der Waals surface area contributed by atoms with Gasteiger partial charge in [0.25, 0.3) is 0 Å². The standard InChI is InChI=1S/C16H30N2O/c1-6-12(3)8-9-18-11-15(13(4)7-2)14(5)10-16(17)19/h8-9,11-12,14-16,19H,4,6-7,10,17H2,1-3,5H3/b9-8-,18-11+. The van der Waals surface area contributed by atoms with E-state index in [9.17, 15) is 5.11 Å². The lowest BCUT2D eigenvalue weighted by Crippen LogP contribution is -2.26. The van der Waals surface area contributed by atoms with E-state index in [2.05, 4.69) is 45.3 Å². The van der Waals surface area contributed by atoms with Crippen molar-refractivity contribution in [1.82, 2.24) is 0 Å². The maximum atomic E-state index is 9.29. The van der Waals surface area contributed by atoms with E-state index in [1.54, 1.807) is 0 Å². The van der Waals surface area contributed by atoms with Crippen molar-refractivity contribution in [3.63, 3.8) is 0 Å². The van der Waals surface area contributed by atoms with Crippen LogP contribution in [0.2, 0.25) is 0 Å². The van der Waals surface area contributed by atoms with E-state index in [1.165, 1.54) is 0 Å². The highest BCUT2D eigenvalue weighted by atomic mass is 16.3. The molecular weight excluding hydrogens is 236 g/mol. The third-order valence-corrected chi connectivity index (χ3v) is 3.54. The van der Waals surface area contributed by atoms with E-state index in [4.69, 9.17) is 5.73 Å². The Kier molecular flexibility index (Phi) is 9.44. The Morgan fingerprint density at radius 3 is 2.47 bits per heavy atom. The van der Waals surface area contributed by atoms with Crippen LogP contribution in [0.5, 0.6) is 0 Å². The topological polar surface area (TPSA) is 58.6 Å². The number of aliphatic hydroxyl groups excluding tert-OH is 1. The summed E-state index contributed by atoms with van der Waals surface area (Å²) >= 11 is 0. The average Bonchev–Trinajstić information content (AvgIpc) is 2.36. The van der Waals surface area contributed by atoms with Gasteiger partial charge < -0.3 is 10.8 Å². The van der Waals surface area contributed by atoms with Gasteiger partial charge >= 0.3 is 0 Å². The second-order valence-corrected chi connectivity index (χ2v) is 5.34. The first-order chi connectivity index (χ1) is 8.92. The molecule has 3 nitrogen and oxygen atoms in total. The van der Waals surface area contributed by atoms with Crippen LogP contribution in [0.1, 0.15) is 47.0 Å². The maximum Gasteiger partial charge on any atom is 0.102 e. The first kappa shape index (κ1) is 18.1. The zero-order valence-corrected chi connectivity index (χ0v) is 12.8. The quantitative estimate of drug-likeness (QED) is 0.381. The van der Waals surface area contributed by atoms with Gasteiger partial charge in [0.2, 0.25) is 0 Å². The first-order valence-corrected chi connectivity index (χ1v) is 7.23. The van der Waals surface area contributed by atoms with Gasteiger partial charge in [-0.2, -0.15) is 0 Å². The summed E-state index contributed by atoms with van der Waals surface area (Å²) in [6.45, 7) is 12.6. The molecule has 3 N–H and O–H groups in total. The summed E-state index contributed by atoms with van der Waals surface area (Å²) in [7, 11) is 0. The van der Waals surface area contributed by atoms with Crippen molar-refractivity contribution >= 4 is 6.21 Å². The summed E-state index contributed by atoms with van der Waals surface area (Å²) in [5.41, 5.74) is 6.59. The maximum absolute atomic E-state index is 9.29. The highest BCUT2D eigenvalue weighted by molar-refractivity contribution is 5.66. The highest BCUT2D eigenvalue weighted by Crippen LogP contribution is 2.23. The average molecular weight is 266 g/mol. The molecule has 4 atom stereocenters. The summed E-state index contributed by atoms with van der Waals surface area (Å²) in [5, 5.41) is 9.29. The van der Waals surface area contributed by atoms with Crippen molar-refractivity contribution in [3.05, 3.63) is 24.4 Å². The summed E-state index contributed by atoms with van der Waals surface area (Å²) in [4.78, 5) is 4.37. The number of allylic oxidation sites excluding steroid dienone is 2. The number of hydrogen-bond donors (Lipinski definition) is 2. The molecule has 0 aliphatic heterocycles. The molecule has 3 heteroatoms. The Bertz CT molecular complexity index is 308. The fourth-order valence-corrected chi connectivity index (χ4v) is 1.89. The lowest BCUT2D eigenvalue weighted by atomic mass is 9.85. The van der Waals surface area contributed by atoms with Gasteiger partial charge in [-0.1, -0.05) is 52.3 Å². The van der Waals surface area contributed by atoms with E-state index < -0.39 is 6.23 Å². The van der Waals surface area contributed by atoms with Crippen LogP contribution in [0.15, 0.2) is 29.4 Å². The Morgan fingerprint density at radius 1 is 1.37 bits per heavy atom. The van der Waals surface area contributed by atoms with Crippen LogP contribution >= 0.6 is 0 Å². The molecule has 0 rings (SSSR count). The molecule has 0 aromatic carbocycles. The van der Waals surface area contributed by atoms with Crippen molar-refractivity contribution in [2.75, 3.05) is 0 Å². The van der Waals surface area contributed by atoms with E-state index >= 15 is 0 Å². The smallest absolute Gasteiger partial charge is 0.102 e. The monoisotopic (exact) mass is 266 g/mol. The molecule has 0 aromatic rings. The van der Waals surface area contributed by atoms with Crippen LogP contribution in [0, 0.1) is 17.8 Å². The third-order valence-electron chi connectivity index (χ3n) is 3.54. The van der Waals surface area contributed by atoms with Crippen LogP contribution in [-0.2, 0) is 0 Å². The minimum absolute atomic E-state index is 0.171. The predicted octanol–water partition coefficient (Wildman–Crippen LogP) is 3.50. The largest absolute Gasteiger partial charge is 0.379 e. The zero-order chi connectivity index (χ0) is 14.8. The number of aliphatic hydroxyl groups is 1. The molecule has 110 valence electrons. The molecule has 0 saturated heterocycles. The number of rotatable bonds is 9. The van der Waals surface area contributed by atoms with E-state index in [0.29, 0.717) is 12.3 Å². The fraction of sp³-hybridized carbons (Fsp3) is 0.688. The number of nitrogens with zero attached hydrogens (tertiary/aromatic N) is 1. The lowest BCUT2D eigenvalue weighted by molar-refractivity contribution is 0.147. The molecule has 0 heterocycles. The van der Waals surface area contributed by atoms with Gasteiger partial charge in [-0.3, -0.25) is 4.99 Å². The minimum atomic E-state index is -0.772. The van der Waals surface area contributed by atoms with Crippen LogP contribution in [-0.4, -0.2) is 17.5 Å². The fourth-order valence-electron chi connectivity index (χ4n) is 1.89. The third kappa shape index (κ3) is 7.96. The Hall–Kier alpha value is -0.930.